The molecule has 10 heteroatoms. The monoisotopic (exact) mass is 480 g/mol. The average molecular weight is 481 g/mol. The first-order valence-corrected chi connectivity index (χ1v) is 11.3. The lowest BCUT2D eigenvalue weighted by Crippen LogP contribution is -2.26. The molecule has 174 valence electrons. The van der Waals surface area contributed by atoms with Crippen molar-refractivity contribution in [3.8, 4) is 16.4 Å². The number of halogens is 1. The van der Waals surface area contributed by atoms with E-state index in [1.165, 1.54) is 54.1 Å². The summed E-state index contributed by atoms with van der Waals surface area (Å²) in [4.78, 5) is 45.6. The van der Waals surface area contributed by atoms with Crippen LogP contribution in [0.25, 0.3) is 16.4 Å². The number of hydrogen-bond donors (Lipinski definition) is 1. The Hall–Kier alpha value is -3.92. The number of aromatic nitrogens is 4. The quantitative estimate of drug-likeness (QED) is 0.303. The van der Waals surface area contributed by atoms with Gasteiger partial charge in [0.15, 0.2) is 17.7 Å². The Morgan fingerprint density at radius 3 is 2.44 bits per heavy atom. The number of ether oxygens (including phenoxy) is 1. The molecular formula is C24H21FN4O4S. The number of thiophene rings is 1. The van der Waals surface area contributed by atoms with Crippen molar-refractivity contribution in [1.29, 1.82) is 0 Å². The molecular weight excluding hydrogens is 459 g/mol. The van der Waals surface area contributed by atoms with Gasteiger partial charge < -0.3 is 9.72 Å². The van der Waals surface area contributed by atoms with Gasteiger partial charge in [-0.1, -0.05) is 6.07 Å². The lowest BCUT2D eigenvalue weighted by Gasteiger charge is -2.10. The van der Waals surface area contributed by atoms with Gasteiger partial charge >= 0.3 is 5.97 Å². The summed E-state index contributed by atoms with van der Waals surface area (Å²) in [5.41, 5.74) is 2.26. The van der Waals surface area contributed by atoms with Gasteiger partial charge in [0.2, 0.25) is 5.78 Å². The number of rotatable bonds is 7. The van der Waals surface area contributed by atoms with Crippen LogP contribution in [0.4, 0.5) is 4.39 Å². The Kier molecular flexibility index (Phi) is 6.25. The summed E-state index contributed by atoms with van der Waals surface area (Å²) in [6.07, 6.45) is -1.15. The van der Waals surface area contributed by atoms with Crippen LogP contribution in [0.3, 0.4) is 0 Å². The van der Waals surface area contributed by atoms with Crippen LogP contribution in [0.5, 0.6) is 0 Å². The van der Waals surface area contributed by atoms with E-state index in [4.69, 9.17) is 4.74 Å². The molecule has 8 nitrogen and oxygen atoms in total. The van der Waals surface area contributed by atoms with E-state index in [-0.39, 0.29) is 17.3 Å². The molecule has 0 saturated carbocycles. The molecule has 0 saturated heterocycles. The molecule has 0 radical (unpaired) electrons. The van der Waals surface area contributed by atoms with Crippen molar-refractivity contribution in [3.05, 3.63) is 75.9 Å². The van der Waals surface area contributed by atoms with Crippen LogP contribution in [0, 0.1) is 19.7 Å². The number of esters is 1. The average Bonchev–Trinajstić information content (AvgIpc) is 3.52. The molecule has 0 spiro atoms. The molecule has 0 amide bonds. The highest BCUT2D eigenvalue weighted by Gasteiger charge is 2.28. The molecule has 0 aliphatic rings. The van der Waals surface area contributed by atoms with E-state index in [0.717, 1.165) is 4.88 Å². The van der Waals surface area contributed by atoms with Gasteiger partial charge in [-0.15, -0.1) is 16.4 Å². The standard InChI is InChI=1S/C24H21FN4O4S/c1-12-19(14(3)30)13(2)26-20(12)21(31)15(4)33-24(32)22-27-23(18-6-5-11-34-18)29(28-22)17-9-7-16(25)8-10-17/h5-11,15,26H,1-4H3. The van der Waals surface area contributed by atoms with Gasteiger partial charge in [-0.3, -0.25) is 9.59 Å². The first-order valence-electron chi connectivity index (χ1n) is 10.4. The number of H-pyrrole nitrogens is 1. The van der Waals surface area contributed by atoms with Gasteiger partial charge in [0, 0.05) is 11.3 Å². The fraction of sp³-hybridized carbons (Fsp3) is 0.208. The first kappa shape index (κ1) is 23.2. The van der Waals surface area contributed by atoms with E-state index < -0.39 is 23.7 Å². The number of nitrogens with one attached hydrogen (secondary N) is 1. The predicted molar refractivity (Wildman–Crippen MR) is 124 cm³/mol. The molecule has 1 unspecified atom stereocenters. The van der Waals surface area contributed by atoms with E-state index in [2.05, 4.69) is 15.1 Å². The van der Waals surface area contributed by atoms with Crippen molar-refractivity contribution in [2.45, 2.75) is 33.8 Å². The largest absolute Gasteiger partial charge is 0.448 e. The van der Waals surface area contributed by atoms with Gasteiger partial charge in [0.05, 0.1) is 16.3 Å². The third kappa shape index (κ3) is 4.32. The predicted octanol–water partition coefficient (Wildman–Crippen LogP) is 4.71. The van der Waals surface area contributed by atoms with Crippen molar-refractivity contribution in [3.63, 3.8) is 0 Å². The Morgan fingerprint density at radius 1 is 1.15 bits per heavy atom. The second-order valence-electron chi connectivity index (χ2n) is 7.72. The molecule has 4 aromatic rings. The molecule has 1 N–H and O–H groups in total. The third-order valence-electron chi connectivity index (χ3n) is 5.29. The van der Waals surface area contributed by atoms with E-state index in [9.17, 15) is 18.8 Å². The van der Waals surface area contributed by atoms with E-state index in [1.54, 1.807) is 13.8 Å². The van der Waals surface area contributed by atoms with Crippen LogP contribution >= 0.6 is 11.3 Å². The van der Waals surface area contributed by atoms with Gasteiger partial charge in [-0.2, -0.15) is 4.98 Å². The number of carbonyl (C=O) groups is 3. The summed E-state index contributed by atoms with van der Waals surface area (Å²) < 4.78 is 20.2. The molecule has 0 fully saturated rings. The number of aryl methyl sites for hydroxylation is 1. The summed E-state index contributed by atoms with van der Waals surface area (Å²) in [5.74, 6) is -1.78. The van der Waals surface area contributed by atoms with Crippen LogP contribution in [0.1, 0.15) is 56.6 Å². The Balaban J connectivity index is 1.62. The summed E-state index contributed by atoms with van der Waals surface area (Å²) in [5, 5.41) is 6.12. The summed E-state index contributed by atoms with van der Waals surface area (Å²) in [6, 6.07) is 9.25. The maximum absolute atomic E-state index is 13.4. The number of aromatic amines is 1. The van der Waals surface area contributed by atoms with Gasteiger partial charge in [0.25, 0.3) is 5.82 Å². The van der Waals surface area contributed by atoms with E-state index in [1.807, 2.05) is 17.5 Å². The Bertz CT molecular complexity index is 1390. The normalized spacial score (nSPS) is 11.9. The van der Waals surface area contributed by atoms with Gasteiger partial charge in [-0.05, 0) is 69.0 Å². The number of benzene rings is 1. The smallest absolute Gasteiger partial charge is 0.378 e. The highest BCUT2D eigenvalue weighted by molar-refractivity contribution is 7.13. The molecule has 1 aromatic carbocycles. The molecule has 0 aliphatic heterocycles. The first-order chi connectivity index (χ1) is 16.2. The molecule has 4 rings (SSSR count). The van der Waals surface area contributed by atoms with Crippen molar-refractivity contribution < 1.29 is 23.5 Å². The molecule has 34 heavy (non-hydrogen) atoms. The fourth-order valence-corrected chi connectivity index (χ4v) is 4.42. The minimum atomic E-state index is -1.15. The second kappa shape index (κ2) is 9.14. The highest BCUT2D eigenvalue weighted by Crippen LogP contribution is 2.26. The zero-order chi connectivity index (χ0) is 24.6. The van der Waals surface area contributed by atoms with Crippen LogP contribution in [-0.4, -0.2) is 43.4 Å². The van der Waals surface area contributed by atoms with Crippen LogP contribution in [0.15, 0.2) is 41.8 Å². The zero-order valence-corrected chi connectivity index (χ0v) is 19.7. The topological polar surface area (TPSA) is 107 Å². The maximum atomic E-state index is 13.4. The molecule has 0 aliphatic carbocycles. The van der Waals surface area contributed by atoms with E-state index >= 15 is 0 Å². The number of carbonyl (C=O) groups excluding carboxylic acids is 3. The second-order valence-corrected chi connectivity index (χ2v) is 8.67. The minimum absolute atomic E-state index is 0.161. The Labute approximate surface area is 198 Å². The maximum Gasteiger partial charge on any atom is 0.378 e. The number of hydrogen-bond acceptors (Lipinski definition) is 7. The Morgan fingerprint density at radius 2 is 1.85 bits per heavy atom. The zero-order valence-electron chi connectivity index (χ0n) is 18.9. The van der Waals surface area contributed by atoms with Crippen LogP contribution in [0.2, 0.25) is 0 Å². The molecule has 3 heterocycles. The van der Waals surface area contributed by atoms with Crippen LogP contribution in [-0.2, 0) is 4.74 Å². The lowest BCUT2D eigenvalue weighted by molar-refractivity contribution is 0.0305. The SMILES string of the molecule is CC(=O)c1c(C)[nH]c(C(=O)C(C)OC(=O)c2nc(-c3cccs3)n(-c3ccc(F)cc3)n2)c1C. The molecule has 3 aromatic heterocycles. The van der Waals surface area contributed by atoms with Gasteiger partial charge in [0.1, 0.15) is 5.82 Å². The summed E-state index contributed by atoms with van der Waals surface area (Å²) >= 11 is 1.40. The molecule has 1 atom stereocenters. The van der Waals surface area contributed by atoms with Gasteiger partial charge in [-0.25, -0.2) is 13.9 Å². The minimum Gasteiger partial charge on any atom is -0.448 e. The van der Waals surface area contributed by atoms with Crippen LogP contribution < -0.4 is 0 Å². The summed E-state index contributed by atoms with van der Waals surface area (Å²) in [6.45, 7) is 6.24. The third-order valence-corrected chi connectivity index (χ3v) is 6.16. The fourth-order valence-electron chi connectivity index (χ4n) is 3.72. The lowest BCUT2D eigenvalue weighted by atomic mass is 10.0. The molecule has 0 bridgehead atoms. The van der Waals surface area contributed by atoms with Crippen molar-refractivity contribution >= 4 is 28.9 Å². The van der Waals surface area contributed by atoms with E-state index in [0.29, 0.717) is 28.3 Å². The number of ketones is 2. The number of nitrogens with zero attached hydrogens (tertiary/aromatic N) is 3. The summed E-state index contributed by atoms with van der Waals surface area (Å²) in [7, 11) is 0. The van der Waals surface area contributed by atoms with Crippen molar-refractivity contribution in [2.24, 2.45) is 0 Å². The number of Topliss-reactive ketones (excluding diaryl/α,β-unsaturated/α-hetero) is 2. The highest BCUT2D eigenvalue weighted by atomic mass is 32.1. The van der Waals surface area contributed by atoms with Crippen molar-refractivity contribution in [1.82, 2.24) is 19.7 Å². The van der Waals surface area contributed by atoms with Crippen molar-refractivity contribution in [2.75, 3.05) is 0 Å².